The van der Waals surface area contributed by atoms with Gasteiger partial charge in [-0.05, 0) is 122 Å². The molecule has 0 aliphatic heterocycles. The number of esters is 3. The van der Waals surface area contributed by atoms with Crippen LogP contribution in [0.1, 0.15) is 201 Å². The molecule has 0 N–H and O–H groups in total. The summed E-state index contributed by atoms with van der Waals surface area (Å²) in [5.74, 6) is -1.000. The van der Waals surface area contributed by atoms with E-state index in [0.29, 0.717) is 19.3 Å². The summed E-state index contributed by atoms with van der Waals surface area (Å²) in [5.41, 5.74) is 0. The van der Waals surface area contributed by atoms with Gasteiger partial charge in [0.25, 0.3) is 0 Å². The Morgan fingerprint density at radius 1 is 0.333 bits per heavy atom. The van der Waals surface area contributed by atoms with Gasteiger partial charge in [0.05, 0.1) is 0 Å². The van der Waals surface area contributed by atoms with Crippen molar-refractivity contribution in [3.8, 4) is 0 Å². The lowest BCUT2D eigenvalue weighted by Crippen LogP contribution is -2.30. The van der Waals surface area contributed by atoms with E-state index in [-0.39, 0.29) is 37.5 Å². The summed E-state index contributed by atoms with van der Waals surface area (Å²) in [5, 5.41) is 0. The van der Waals surface area contributed by atoms with Crippen LogP contribution in [-0.2, 0) is 28.6 Å². The molecule has 0 bridgehead atoms. The summed E-state index contributed by atoms with van der Waals surface area (Å²) in [6.07, 6.45) is 69.0. The molecule has 0 fully saturated rings. The van der Waals surface area contributed by atoms with Gasteiger partial charge in [-0.15, -0.1) is 0 Å². The first-order valence-corrected chi connectivity index (χ1v) is 25.0. The second-order valence-electron chi connectivity index (χ2n) is 16.0. The predicted molar refractivity (Wildman–Crippen MR) is 269 cm³/mol. The van der Waals surface area contributed by atoms with E-state index in [0.717, 1.165) is 141 Å². The van der Waals surface area contributed by atoms with Gasteiger partial charge in [0.1, 0.15) is 13.2 Å². The first-order valence-electron chi connectivity index (χ1n) is 25.0. The first-order chi connectivity index (χ1) is 31.0. The lowest BCUT2D eigenvalue weighted by Gasteiger charge is -2.18. The van der Waals surface area contributed by atoms with E-state index in [2.05, 4.69) is 142 Å². The number of carbonyl (C=O) groups is 3. The number of allylic oxidation sites excluding steroid dienone is 20. The number of hydrogen-bond donors (Lipinski definition) is 0. The zero-order valence-corrected chi connectivity index (χ0v) is 40.3. The van der Waals surface area contributed by atoms with Crippen LogP contribution >= 0.6 is 0 Å². The second-order valence-corrected chi connectivity index (χ2v) is 16.0. The van der Waals surface area contributed by atoms with Crippen LogP contribution < -0.4 is 0 Å². The molecule has 0 aliphatic rings. The van der Waals surface area contributed by atoms with E-state index < -0.39 is 6.10 Å². The third-order valence-corrected chi connectivity index (χ3v) is 9.93. The SMILES string of the molecule is CC/C=C\C/C=C\C/C=C\C/C=C\C/C=C\CCCCCC(=O)OCC(COC(=O)CCCCCC/C=C\CCCC)OC(=O)CCCCC/C=C\C/C=C\C/C=C\C/C=C\CC. The molecular weight excluding hydrogens is 781 g/mol. The number of rotatable bonds is 43. The third kappa shape index (κ3) is 48.7. The Hall–Kier alpha value is -4.19. The standard InChI is InChI=1S/C57H90O6/c1-4-7-10-13-16-19-22-24-26-28-29-30-32-33-35-38-41-44-47-50-56(59)62-53-54(52-61-55(58)49-46-43-40-37-21-18-15-12-9-6-3)63-57(60)51-48-45-42-39-36-34-31-27-25-23-20-17-14-11-8-5-2/h7-8,10-11,15-20,24-27,29-30,33-36,54H,4-6,9,12-14,21-23,28,31-32,37-53H2,1-3H3/b10-7-,11-8-,18-15-,19-16-,20-17-,26-24-,27-25-,30-29-,35-33-,36-34-. The maximum atomic E-state index is 12.8. The van der Waals surface area contributed by atoms with Gasteiger partial charge in [-0.3, -0.25) is 14.4 Å². The number of hydrogen-bond acceptors (Lipinski definition) is 6. The molecular formula is C57H90O6. The van der Waals surface area contributed by atoms with Crippen LogP contribution in [0.25, 0.3) is 0 Å². The van der Waals surface area contributed by atoms with E-state index in [9.17, 15) is 14.4 Å². The first kappa shape index (κ1) is 58.8. The van der Waals surface area contributed by atoms with E-state index >= 15 is 0 Å². The lowest BCUT2D eigenvalue weighted by atomic mass is 10.1. The Bertz CT molecular complexity index is 1370. The monoisotopic (exact) mass is 871 g/mol. The fourth-order valence-electron chi connectivity index (χ4n) is 6.20. The molecule has 0 aromatic carbocycles. The molecule has 1 atom stereocenters. The maximum Gasteiger partial charge on any atom is 0.306 e. The minimum atomic E-state index is -0.815. The van der Waals surface area contributed by atoms with E-state index in [4.69, 9.17) is 14.2 Å². The van der Waals surface area contributed by atoms with Gasteiger partial charge in [-0.25, -0.2) is 0 Å². The van der Waals surface area contributed by atoms with Crippen molar-refractivity contribution in [3.63, 3.8) is 0 Å². The van der Waals surface area contributed by atoms with Crippen LogP contribution in [0, 0.1) is 0 Å². The fraction of sp³-hybridized carbons (Fsp3) is 0.596. The molecule has 0 amide bonds. The summed E-state index contributed by atoms with van der Waals surface area (Å²) >= 11 is 0. The molecule has 1 unspecified atom stereocenters. The Balaban J connectivity index is 4.51. The normalized spacial score (nSPS) is 13.1. The average molecular weight is 871 g/mol. The molecule has 0 aliphatic carbocycles. The summed E-state index contributed by atoms with van der Waals surface area (Å²) in [6.45, 7) is 6.27. The molecule has 0 rings (SSSR count). The molecule has 354 valence electrons. The minimum Gasteiger partial charge on any atom is -0.462 e. The van der Waals surface area contributed by atoms with Crippen LogP contribution in [0.2, 0.25) is 0 Å². The highest BCUT2D eigenvalue weighted by atomic mass is 16.6. The van der Waals surface area contributed by atoms with Crippen LogP contribution in [0.5, 0.6) is 0 Å². The van der Waals surface area contributed by atoms with Gasteiger partial charge in [0.15, 0.2) is 6.10 Å². The van der Waals surface area contributed by atoms with Crippen molar-refractivity contribution in [2.45, 2.75) is 207 Å². The third-order valence-electron chi connectivity index (χ3n) is 9.93. The highest BCUT2D eigenvalue weighted by Gasteiger charge is 2.19. The van der Waals surface area contributed by atoms with Gasteiger partial charge in [0, 0.05) is 19.3 Å². The smallest absolute Gasteiger partial charge is 0.306 e. The van der Waals surface area contributed by atoms with E-state index in [1.807, 2.05) is 0 Å². The number of unbranched alkanes of at least 4 members (excludes halogenated alkanes) is 12. The Kier molecular flexibility index (Phi) is 47.1. The summed E-state index contributed by atoms with van der Waals surface area (Å²) < 4.78 is 16.7. The van der Waals surface area contributed by atoms with Crippen LogP contribution in [0.15, 0.2) is 122 Å². The van der Waals surface area contributed by atoms with Crippen molar-refractivity contribution in [1.29, 1.82) is 0 Å². The van der Waals surface area contributed by atoms with Crippen molar-refractivity contribution < 1.29 is 28.6 Å². The van der Waals surface area contributed by atoms with Gasteiger partial charge < -0.3 is 14.2 Å². The summed E-state index contributed by atoms with van der Waals surface area (Å²) in [7, 11) is 0. The van der Waals surface area contributed by atoms with E-state index in [1.165, 1.54) is 12.8 Å². The average Bonchev–Trinajstić information content (AvgIpc) is 3.28. The number of carbonyl (C=O) groups excluding carboxylic acids is 3. The molecule has 0 spiro atoms. The quantitative estimate of drug-likeness (QED) is 0.0263. The predicted octanol–water partition coefficient (Wildman–Crippen LogP) is 16.5. The van der Waals surface area contributed by atoms with Crippen molar-refractivity contribution in [3.05, 3.63) is 122 Å². The lowest BCUT2D eigenvalue weighted by molar-refractivity contribution is -0.167. The minimum absolute atomic E-state index is 0.112. The highest BCUT2D eigenvalue weighted by Crippen LogP contribution is 2.11. The van der Waals surface area contributed by atoms with Gasteiger partial charge >= 0.3 is 17.9 Å². The molecule has 0 saturated heterocycles. The molecule has 0 heterocycles. The summed E-state index contributed by atoms with van der Waals surface area (Å²) in [6, 6.07) is 0. The molecule has 6 nitrogen and oxygen atoms in total. The van der Waals surface area contributed by atoms with Gasteiger partial charge in [0.2, 0.25) is 0 Å². The molecule has 0 radical (unpaired) electrons. The van der Waals surface area contributed by atoms with Crippen molar-refractivity contribution in [1.82, 2.24) is 0 Å². The molecule has 0 saturated carbocycles. The maximum absolute atomic E-state index is 12.8. The molecule has 0 aromatic heterocycles. The van der Waals surface area contributed by atoms with Crippen molar-refractivity contribution in [2.24, 2.45) is 0 Å². The van der Waals surface area contributed by atoms with Crippen LogP contribution in [0.3, 0.4) is 0 Å². The zero-order valence-electron chi connectivity index (χ0n) is 40.3. The van der Waals surface area contributed by atoms with Crippen molar-refractivity contribution >= 4 is 17.9 Å². The fourth-order valence-corrected chi connectivity index (χ4v) is 6.20. The second kappa shape index (κ2) is 50.5. The Labute approximate surface area is 386 Å². The highest BCUT2D eigenvalue weighted by molar-refractivity contribution is 5.71. The Morgan fingerprint density at radius 2 is 0.619 bits per heavy atom. The molecule has 0 aromatic rings. The largest absolute Gasteiger partial charge is 0.462 e. The number of ether oxygens (including phenoxy) is 3. The zero-order chi connectivity index (χ0) is 45.8. The molecule has 6 heteroatoms. The molecule has 63 heavy (non-hydrogen) atoms. The van der Waals surface area contributed by atoms with Gasteiger partial charge in [-0.2, -0.15) is 0 Å². The van der Waals surface area contributed by atoms with Crippen LogP contribution in [0.4, 0.5) is 0 Å². The Morgan fingerprint density at radius 3 is 0.984 bits per heavy atom. The van der Waals surface area contributed by atoms with E-state index in [1.54, 1.807) is 0 Å². The van der Waals surface area contributed by atoms with Crippen LogP contribution in [-0.4, -0.2) is 37.2 Å². The van der Waals surface area contributed by atoms with Crippen molar-refractivity contribution in [2.75, 3.05) is 13.2 Å². The topological polar surface area (TPSA) is 78.9 Å². The summed E-state index contributed by atoms with van der Waals surface area (Å²) in [4.78, 5) is 37.9. The van der Waals surface area contributed by atoms with Gasteiger partial charge in [-0.1, -0.05) is 181 Å².